The second-order valence-electron chi connectivity index (χ2n) is 5.19. The lowest BCUT2D eigenvalue weighted by atomic mass is 10.0. The van der Waals surface area contributed by atoms with E-state index < -0.39 is 0 Å². The van der Waals surface area contributed by atoms with Crippen LogP contribution in [0.2, 0.25) is 0 Å². The lowest BCUT2D eigenvalue weighted by Crippen LogP contribution is -2.23. The van der Waals surface area contributed by atoms with Crippen LogP contribution in [0.5, 0.6) is 11.5 Å². The highest BCUT2D eigenvalue weighted by molar-refractivity contribution is 5.80. The molecular weight excluding hydrogens is 258 g/mol. The number of benzene rings is 1. The summed E-state index contributed by atoms with van der Waals surface area (Å²) in [6.07, 6.45) is 2.76. The highest BCUT2D eigenvalue weighted by Gasteiger charge is 2.43. The smallest absolute Gasteiger partial charge is 0.145 e. The van der Waals surface area contributed by atoms with Crippen molar-refractivity contribution in [3.8, 4) is 11.5 Å². The van der Waals surface area contributed by atoms with Gasteiger partial charge in [0.2, 0.25) is 0 Å². The van der Waals surface area contributed by atoms with Gasteiger partial charge in [0.25, 0.3) is 0 Å². The number of oxime groups is 1. The summed E-state index contributed by atoms with van der Waals surface area (Å²) in [5, 5.41) is 15.1. The Kier molecular flexibility index (Phi) is 4.22. The van der Waals surface area contributed by atoms with Gasteiger partial charge in [-0.2, -0.15) is 0 Å². The number of nitrogens with two attached hydrogens (primary N) is 1. The number of hydrogen-bond acceptors (Lipinski definition) is 5. The normalized spacial score (nSPS) is 16.6. The van der Waals surface area contributed by atoms with Gasteiger partial charge < -0.3 is 25.7 Å². The van der Waals surface area contributed by atoms with Gasteiger partial charge in [0.05, 0.1) is 19.9 Å². The Labute approximate surface area is 118 Å². The second-order valence-corrected chi connectivity index (χ2v) is 5.19. The molecule has 0 aliphatic heterocycles. The van der Waals surface area contributed by atoms with E-state index in [2.05, 4.69) is 10.5 Å². The van der Waals surface area contributed by atoms with E-state index in [0.717, 1.165) is 36.6 Å². The Bertz CT molecular complexity index is 498. The molecule has 20 heavy (non-hydrogen) atoms. The van der Waals surface area contributed by atoms with Crippen LogP contribution in [0, 0.1) is 5.41 Å². The van der Waals surface area contributed by atoms with E-state index >= 15 is 0 Å². The van der Waals surface area contributed by atoms with Gasteiger partial charge in [-0.25, -0.2) is 0 Å². The van der Waals surface area contributed by atoms with Crippen LogP contribution in [-0.2, 0) is 0 Å². The fourth-order valence-corrected chi connectivity index (χ4v) is 2.24. The van der Waals surface area contributed by atoms with Crippen LogP contribution in [0.15, 0.2) is 23.4 Å². The molecule has 0 heterocycles. The van der Waals surface area contributed by atoms with Gasteiger partial charge >= 0.3 is 0 Å². The fraction of sp³-hybridized carbons (Fsp3) is 0.500. The van der Waals surface area contributed by atoms with E-state index in [0.29, 0.717) is 6.42 Å². The highest BCUT2D eigenvalue weighted by atomic mass is 16.5. The predicted octanol–water partition coefficient (Wildman–Crippen LogP) is 2.03. The molecule has 0 spiro atoms. The summed E-state index contributed by atoms with van der Waals surface area (Å²) in [6.45, 7) is 0.770. The molecule has 4 N–H and O–H groups in total. The summed E-state index contributed by atoms with van der Waals surface area (Å²) in [7, 11) is 3.25. The number of nitrogens with zero attached hydrogens (tertiary/aromatic N) is 1. The molecule has 1 aliphatic carbocycles. The van der Waals surface area contributed by atoms with Gasteiger partial charge in [0.1, 0.15) is 17.3 Å². The van der Waals surface area contributed by atoms with Crippen molar-refractivity contribution in [2.45, 2.75) is 19.3 Å². The number of methoxy groups -OCH3 is 2. The summed E-state index contributed by atoms with van der Waals surface area (Å²) in [4.78, 5) is 0. The molecule has 2 rings (SSSR count). The third kappa shape index (κ3) is 3.26. The van der Waals surface area contributed by atoms with E-state index in [-0.39, 0.29) is 11.3 Å². The van der Waals surface area contributed by atoms with Gasteiger partial charge in [-0.05, 0) is 30.4 Å². The number of ether oxygens (including phenoxy) is 2. The number of hydrogen-bond donors (Lipinski definition) is 3. The molecule has 110 valence electrons. The van der Waals surface area contributed by atoms with Crippen molar-refractivity contribution in [2.75, 3.05) is 26.1 Å². The molecule has 0 unspecified atom stereocenters. The van der Waals surface area contributed by atoms with E-state index in [1.807, 2.05) is 18.2 Å². The van der Waals surface area contributed by atoms with Crippen molar-refractivity contribution in [2.24, 2.45) is 16.3 Å². The summed E-state index contributed by atoms with van der Waals surface area (Å²) in [6, 6.07) is 5.65. The average Bonchev–Trinajstić information content (AvgIpc) is 3.24. The van der Waals surface area contributed by atoms with Crippen molar-refractivity contribution < 1.29 is 14.7 Å². The first kappa shape index (κ1) is 14.3. The lowest BCUT2D eigenvalue weighted by molar-refractivity contribution is 0.315. The summed E-state index contributed by atoms with van der Waals surface area (Å²) < 4.78 is 10.5. The number of amidine groups is 1. The van der Waals surface area contributed by atoms with E-state index in [4.69, 9.17) is 20.4 Å². The maximum atomic E-state index is 8.66. The van der Waals surface area contributed by atoms with Crippen LogP contribution < -0.4 is 20.5 Å². The molecular formula is C14H21N3O3. The zero-order chi connectivity index (χ0) is 14.6. The molecule has 1 fully saturated rings. The summed E-state index contributed by atoms with van der Waals surface area (Å²) in [5.41, 5.74) is 6.61. The third-order valence-electron chi connectivity index (χ3n) is 3.70. The Hall–Kier alpha value is -2.11. The van der Waals surface area contributed by atoms with Gasteiger partial charge in [-0.15, -0.1) is 0 Å². The van der Waals surface area contributed by atoms with Gasteiger partial charge in [0.15, 0.2) is 0 Å². The molecule has 0 atom stereocenters. The van der Waals surface area contributed by atoms with Gasteiger partial charge in [0, 0.05) is 19.0 Å². The van der Waals surface area contributed by atoms with Crippen LogP contribution >= 0.6 is 0 Å². The average molecular weight is 279 g/mol. The van der Waals surface area contributed by atoms with Crippen molar-refractivity contribution in [3.05, 3.63) is 18.2 Å². The van der Waals surface area contributed by atoms with Crippen LogP contribution in [0.1, 0.15) is 19.3 Å². The quantitative estimate of drug-likeness (QED) is 0.307. The molecule has 0 amide bonds. The van der Waals surface area contributed by atoms with Crippen LogP contribution in [0.3, 0.4) is 0 Å². The van der Waals surface area contributed by atoms with Crippen molar-refractivity contribution in [1.82, 2.24) is 0 Å². The standard InChI is InChI=1S/C14H21N3O3/c1-19-10-3-4-11(12(7-10)20-2)16-9-14(5-6-14)8-13(15)17-18/h3-4,7,16,18H,5-6,8-9H2,1-2H3,(H2,15,17). The minimum absolute atomic E-state index is 0.0985. The zero-order valence-electron chi connectivity index (χ0n) is 11.8. The SMILES string of the molecule is COc1ccc(NCC2(CC(N)=NO)CC2)c(OC)c1. The maximum Gasteiger partial charge on any atom is 0.145 e. The lowest BCUT2D eigenvalue weighted by Gasteiger charge is -2.18. The Morgan fingerprint density at radius 2 is 2.15 bits per heavy atom. The zero-order valence-corrected chi connectivity index (χ0v) is 11.8. The maximum absolute atomic E-state index is 8.66. The Morgan fingerprint density at radius 1 is 1.40 bits per heavy atom. The minimum Gasteiger partial charge on any atom is -0.497 e. The van der Waals surface area contributed by atoms with E-state index in [9.17, 15) is 0 Å². The van der Waals surface area contributed by atoms with Crippen LogP contribution in [0.4, 0.5) is 5.69 Å². The fourth-order valence-electron chi connectivity index (χ4n) is 2.24. The Balaban J connectivity index is 2.00. The van der Waals surface area contributed by atoms with Crippen LogP contribution in [0.25, 0.3) is 0 Å². The first-order chi connectivity index (χ1) is 9.62. The summed E-state index contributed by atoms with van der Waals surface area (Å²) in [5.74, 6) is 1.78. The summed E-state index contributed by atoms with van der Waals surface area (Å²) >= 11 is 0. The Morgan fingerprint density at radius 3 is 2.70 bits per heavy atom. The molecule has 0 bridgehead atoms. The van der Waals surface area contributed by atoms with E-state index in [1.165, 1.54) is 0 Å². The first-order valence-electron chi connectivity index (χ1n) is 6.55. The largest absolute Gasteiger partial charge is 0.497 e. The monoisotopic (exact) mass is 279 g/mol. The number of anilines is 1. The topological polar surface area (TPSA) is 89.1 Å². The second kappa shape index (κ2) is 5.90. The minimum atomic E-state index is 0.0985. The predicted molar refractivity (Wildman–Crippen MR) is 77.7 cm³/mol. The van der Waals surface area contributed by atoms with Crippen molar-refractivity contribution in [3.63, 3.8) is 0 Å². The molecule has 6 nitrogen and oxygen atoms in total. The molecule has 0 radical (unpaired) electrons. The highest BCUT2D eigenvalue weighted by Crippen LogP contribution is 2.49. The molecule has 0 saturated heterocycles. The molecule has 1 saturated carbocycles. The molecule has 1 aromatic carbocycles. The van der Waals surface area contributed by atoms with Crippen molar-refractivity contribution >= 4 is 11.5 Å². The molecule has 6 heteroatoms. The molecule has 1 aliphatic rings. The first-order valence-corrected chi connectivity index (χ1v) is 6.55. The number of rotatable bonds is 7. The molecule has 0 aromatic heterocycles. The van der Waals surface area contributed by atoms with E-state index in [1.54, 1.807) is 14.2 Å². The third-order valence-corrected chi connectivity index (χ3v) is 3.70. The molecule has 1 aromatic rings. The van der Waals surface area contributed by atoms with Crippen molar-refractivity contribution in [1.29, 1.82) is 0 Å². The van der Waals surface area contributed by atoms with Gasteiger partial charge in [-0.1, -0.05) is 5.16 Å². The van der Waals surface area contributed by atoms with Crippen LogP contribution in [-0.4, -0.2) is 31.8 Å². The van der Waals surface area contributed by atoms with Gasteiger partial charge in [-0.3, -0.25) is 0 Å². The number of nitrogens with one attached hydrogen (secondary N) is 1.